The van der Waals surface area contributed by atoms with Crippen LogP contribution in [0.4, 0.5) is 5.69 Å². The zero-order valence-corrected chi connectivity index (χ0v) is 18.4. The van der Waals surface area contributed by atoms with Crippen molar-refractivity contribution in [2.24, 2.45) is 7.05 Å². The number of nitrogens with one attached hydrogen (secondary N) is 1. The fourth-order valence-electron chi connectivity index (χ4n) is 3.26. The van der Waals surface area contributed by atoms with E-state index < -0.39 is 10.0 Å². The molecular weight excluding hydrogens is 448 g/mol. The van der Waals surface area contributed by atoms with E-state index in [2.05, 4.69) is 20.5 Å². The maximum Gasteiger partial charge on any atom is 0.286 e. The van der Waals surface area contributed by atoms with Gasteiger partial charge in [-0.25, -0.2) is 13.4 Å². The molecule has 0 unspecified atom stereocenters. The van der Waals surface area contributed by atoms with Crippen LogP contribution in [0.3, 0.4) is 0 Å². The molecule has 1 amide bonds. The zero-order chi connectivity index (χ0) is 21.3. The fraction of sp³-hybridized carbons (Fsp3) is 0.333. The Morgan fingerprint density at radius 3 is 2.90 bits per heavy atom. The van der Waals surface area contributed by atoms with Gasteiger partial charge in [-0.2, -0.15) is 4.31 Å². The van der Waals surface area contributed by atoms with Crippen molar-refractivity contribution in [3.05, 3.63) is 51.8 Å². The van der Waals surface area contributed by atoms with E-state index >= 15 is 0 Å². The number of carbonyl (C=O) groups is 1. The fourth-order valence-corrected chi connectivity index (χ4v) is 5.80. The largest absolute Gasteiger partial charge is 0.339 e. The number of nitrogens with zero attached hydrogens (tertiary/aromatic N) is 5. The summed E-state index contributed by atoms with van der Waals surface area (Å²) in [6, 6.07) is 6.83. The van der Waals surface area contributed by atoms with Crippen molar-refractivity contribution in [1.29, 1.82) is 0 Å². The summed E-state index contributed by atoms with van der Waals surface area (Å²) >= 11 is 7.11. The third-order valence-corrected chi connectivity index (χ3v) is 7.81. The van der Waals surface area contributed by atoms with Crippen molar-refractivity contribution >= 4 is 44.6 Å². The number of aryl methyl sites for hydroxylation is 1. The smallest absolute Gasteiger partial charge is 0.286 e. The average Bonchev–Trinajstić information content (AvgIpc) is 3.38. The van der Waals surface area contributed by atoms with Gasteiger partial charge in [-0.15, -0.1) is 10.2 Å². The minimum absolute atomic E-state index is 0.0319. The van der Waals surface area contributed by atoms with E-state index in [1.807, 2.05) is 0 Å². The zero-order valence-electron chi connectivity index (χ0n) is 16.0. The van der Waals surface area contributed by atoms with E-state index in [9.17, 15) is 13.2 Å². The molecule has 1 aromatic carbocycles. The number of hydrogen-bond donors (Lipinski definition) is 1. The lowest BCUT2D eigenvalue weighted by Gasteiger charge is -2.30. The minimum Gasteiger partial charge on any atom is -0.339 e. The van der Waals surface area contributed by atoms with Crippen LogP contribution in [-0.2, 0) is 17.1 Å². The Balaban J connectivity index is 1.47. The van der Waals surface area contributed by atoms with Crippen LogP contribution in [0.15, 0.2) is 41.8 Å². The molecule has 0 saturated carbocycles. The Bertz CT molecular complexity index is 1180. The highest BCUT2D eigenvalue weighted by Gasteiger charge is 2.34. The molecule has 158 valence electrons. The van der Waals surface area contributed by atoms with Crippen LogP contribution in [0.5, 0.6) is 0 Å². The molecule has 9 nitrogen and oxygen atoms in total. The van der Waals surface area contributed by atoms with Crippen LogP contribution < -0.4 is 5.32 Å². The Morgan fingerprint density at radius 2 is 2.17 bits per heavy atom. The summed E-state index contributed by atoms with van der Waals surface area (Å²) in [6.45, 7) is 0.708. The molecule has 1 aliphatic heterocycles. The van der Waals surface area contributed by atoms with Gasteiger partial charge in [-0.1, -0.05) is 29.0 Å². The van der Waals surface area contributed by atoms with Crippen LogP contribution in [0.2, 0.25) is 5.02 Å². The second-order valence-corrected chi connectivity index (χ2v) is 10.3. The van der Waals surface area contributed by atoms with Crippen LogP contribution in [-0.4, -0.2) is 51.5 Å². The summed E-state index contributed by atoms with van der Waals surface area (Å²) in [5, 5.41) is 12.3. The van der Waals surface area contributed by atoms with Gasteiger partial charge in [-0.05, 0) is 31.0 Å². The molecule has 3 heterocycles. The number of halogens is 1. The standard InChI is InChI=1S/C18H19ClN6O3S2/c1-24-10-15(20-11-24)30(27,28)25-7-3-4-12(9-25)17-22-23-18(29-17)16(26)21-14-6-2-5-13(19)8-14/h2,5-6,8,10-12H,3-4,7,9H2,1H3,(H,21,26)/t12-/m1/s1. The highest BCUT2D eigenvalue weighted by molar-refractivity contribution is 7.89. The van der Waals surface area contributed by atoms with Crippen LogP contribution in [0.25, 0.3) is 0 Å². The quantitative estimate of drug-likeness (QED) is 0.619. The Hall–Kier alpha value is -2.34. The van der Waals surface area contributed by atoms with Crippen molar-refractivity contribution in [1.82, 2.24) is 24.1 Å². The molecular formula is C18H19ClN6O3S2. The van der Waals surface area contributed by atoms with Gasteiger partial charge in [0.15, 0.2) is 5.03 Å². The first-order chi connectivity index (χ1) is 14.3. The molecule has 1 fully saturated rings. The number of amides is 1. The van der Waals surface area contributed by atoms with Crippen molar-refractivity contribution < 1.29 is 13.2 Å². The molecule has 1 saturated heterocycles. The van der Waals surface area contributed by atoms with E-state index in [1.54, 1.807) is 35.9 Å². The second kappa shape index (κ2) is 8.42. The lowest BCUT2D eigenvalue weighted by Crippen LogP contribution is -2.39. The van der Waals surface area contributed by atoms with Gasteiger partial charge in [0, 0.05) is 43.0 Å². The normalized spacial score (nSPS) is 17.7. The number of carbonyl (C=O) groups excluding carboxylic acids is 1. The van der Waals surface area contributed by atoms with E-state index in [4.69, 9.17) is 11.6 Å². The summed E-state index contributed by atoms with van der Waals surface area (Å²) in [5.41, 5.74) is 0.564. The summed E-state index contributed by atoms with van der Waals surface area (Å²) in [5.74, 6) is -0.503. The van der Waals surface area contributed by atoms with Crippen molar-refractivity contribution in [2.75, 3.05) is 18.4 Å². The molecule has 3 aromatic rings. The Morgan fingerprint density at radius 1 is 1.33 bits per heavy atom. The first kappa shape index (κ1) is 20.9. The molecule has 1 N–H and O–H groups in total. The summed E-state index contributed by atoms with van der Waals surface area (Å²) < 4.78 is 28.8. The van der Waals surface area contributed by atoms with Gasteiger partial charge in [-0.3, -0.25) is 4.79 Å². The number of rotatable bonds is 5. The number of sulfonamides is 1. The van der Waals surface area contributed by atoms with Gasteiger partial charge in [0.05, 0.1) is 6.33 Å². The first-order valence-corrected chi connectivity index (χ1v) is 11.8. The van der Waals surface area contributed by atoms with Gasteiger partial charge in [0.25, 0.3) is 15.9 Å². The van der Waals surface area contributed by atoms with E-state index in [1.165, 1.54) is 28.2 Å². The molecule has 0 aliphatic carbocycles. The van der Waals surface area contributed by atoms with Gasteiger partial charge in [0.2, 0.25) is 5.01 Å². The van der Waals surface area contributed by atoms with Gasteiger partial charge in [0.1, 0.15) is 5.01 Å². The maximum atomic E-state index is 12.9. The number of benzene rings is 1. The SMILES string of the molecule is Cn1cnc(S(=O)(=O)N2CCC[C@@H](c3nnc(C(=O)Nc4cccc(Cl)c4)s3)C2)c1. The first-order valence-electron chi connectivity index (χ1n) is 9.21. The van der Waals surface area contributed by atoms with Crippen LogP contribution in [0, 0.1) is 0 Å². The van der Waals surface area contributed by atoms with E-state index in [0.717, 1.165) is 6.42 Å². The topological polar surface area (TPSA) is 110 Å². The molecule has 1 aliphatic rings. The van der Waals surface area contributed by atoms with Crippen molar-refractivity contribution in [2.45, 2.75) is 23.8 Å². The van der Waals surface area contributed by atoms with Gasteiger partial charge < -0.3 is 9.88 Å². The number of imidazole rings is 1. The third kappa shape index (κ3) is 4.38. The Kier molecular flexibility index (Phi) is 5.87. The van der Waals surface area contributed by atoms with Crippen molar-refractivity contribution in [3.8, 4) is 0 Å². The number of anilines is 1. The van der Waals surface area contributed by atoms with Crippen LogP contribution in [0.1, 0.15) is 33.6 Å². The number of hydrogen-bond acceptors (Lipinski definition) is 7. The average molecular weight is 467 g/mol. The minimum atomic E-state index is -3.67. The summed E-state index contributed by atoms with van der Waals surface area (Å²) in [6.07, 6.45) is 4.42. The predicted octanol–water partition coefficient (Wildman–Crippen LogP) is 2.75. The second-order valence-electron chi connectivity index (χ2n) is 6.99. The number of piperidine rings is 1. The third-order valence-electron chi connectivity index (χ3n) is 4.74. The van der Waals surface area contributed by atoms with Crippen LogP contribution >= 0.6 is 22.9 Å². The lowest BCUT2D eigenvalue weighted by atomic mass is 10.0. The van der Waals surface area contributed by atoms with Gasteiger partial charge >= 0.3 is 0 Å². The molecule has 12 heteroatoms. The molecule has 30 heavy (non-hydrogen) atoms. The molecule has 4 rings (SSSR count). The molecule has 2 aromatic heterocycles. The monoisotopic (exact) mass is 466 g/mol. The molecule has 0 bridgehead atoms. The van der Waals surface area contributed by atoms with E-state index in [-0.39, 0.29) is 28.4 Å². The lowest BCUT2D eigenvalue weighted by molar-refractivity contribution is 0.102. The summed E-state index contributed by atoms with van der Waals surface area (Å²) in [4.78, 5) is 16.4. The highest BCUT2D eigenvalue weighted by Crippen LogP contribution is 2.31. The molecule has 1 atom stereocenters. The Labute approximate surface area is 182 Å². The number of aromatic nitrogens is 4. The van der Waals surface area contributed by atoms with Crippen molar-refractivity contribution in [3.63, 3.8) is 0 Å². The predicted molar refractivity (Wildman–Crippen MR) is 113 cm³/mol. The summed E-state index contributed by atoms with van der Waals surface area (Å²) in [7, 11) is -1.95. The maximum absolute atomic E-state index is 12.9. The molecule has 0 radical (unpaired) electrons. The highest BCUT2D eigenvalue weighted by atomic mass is 35.5. The molecule has 0 spiro atoms. The van der Waals surface area contributed by atoms with E-state index in [0.29, 0.717) is 28.7 Å².